The lowest BCUT2D eigenvalue weighted by molar-refractivity contribution is -0.142. The molecule has 0 aliphatic carbocycles. The Morgan fingerprint density at radius 3 is 2.28 bits per heavy atom. The molecule has 0 radical (unpaired) electrons. The topological polar surface area (TPSA) is 44.2 Å². The van der Waals surface area contributed by atoms with E-state index in [-0.39, 0.29) is 5.52 Å². The second-order valence-corrected chi connectivity index (χ2v) is 3.43. The molecule has 1 heterocycles. The van der Waals surface area contributed by atoms with Crippen LogP contribution in [0.3, 0.4) is 0 Å². The molecule has 1 aromatic carbocycles. The molecular formula is C11H9F3N2O2. The molecule has 2 rings (SSSR count). The van der Waals surface area contributed by atoms with Crippen LogP contribution in [-0.2, 0) is 6.18 Å². The summed E-state index contributed by atoms with van der Waals surface area (Å²) in [6.07, 6.45) is -4.62. The van der Waals surface area contributed by atoms with Gasteiger partial charge in [-0.15, -0.1) is 0 Å². The highest BCUT2D eigenvalue weighted by atomic mass is 19.4. The fraction of sp³-hybridized carbons (Fsp3) is 0.273. The summed E-state index contributed by atoms with van der Waals surface area (Å²) in [6.45, 7) is 0. The van der Waals surface area contributed by atoms with Gasteiger partial charge < -0.3 is 9.47 Å². The van der Waals surface area contributed by atoms with Crippen LogP contribution in [0.4, 0.5) is 13.2 Å². The average Bonchev–Trinajstić information content (AvgIpc) is 2.35. The number of alkyl halides is 3. The molecule has 0 spiro atoms. The van der Waals surface area contributed by atoms with Crippen molar-refractivity contribution in [3.8, 4) is 11.6 Å². The maximum absolute atomic E-state index is 12.7. The van der Waals surface area contributed by atoms with Crippen molar-refractivity contribution in [3.63, 3.8) is 0 Å². The maximum Gasteiger partial charge on any atom is 0.438 e. The number of hydrogen-bond acceptors (Lipinski definition) is 4. The van der Waals surface area contributed by atoms with Crippen molar-refractivity contribution in [3.05, 3.63) is 23.9 Å². The first-order chi connectivity index (χ1) is 8.45. The minimum Gasteiger partial charge on any atom is -0.497 e. The number of rotatable bonds is 2. The van der Waals surface area contributed by atoms with Crippen molar-refractivity contribution < 1.29 is 22.6 Å². The number of fused-ring (bicyclic) bond motifs is 1. The molecule has 0 fully saturated rings. The van der Waals surface area contributed by atoms with Gasteiger partial charge in [0, 0.05) is 6.07 Å². The highest BCUT2D eigenvalue weighted by Gasteiger charge is 2.37. The fourth-order valence-corrected chi connectivity index (χ4v) is 1.47. The van der Waals surface area contributed by atoms with E-state index < -0.39 is 17.8 Å². The van der Waals surface area contributed by atoms with Crippen LogP contribution >= 0.6 is 0 Å². The second kappa shape index (κ2) is 4.32. The summed E-state index contributed by atoms with van der Waals surface area (Å²) in [4.78, 5) is 7.31. The first-order valence-electron chi connectivity index (χ1n) is 4.92. The highest BCUT2D eigenvalue weighted by Crippen LogP contribution is 2.35. The first-order valence-corrected chi connectivity index (χ1v) is 4.92. The highest BCUT2D eigenvalue weighted by molar-refractivity contribution is 5.76. The van der Waals surface area contributed by atoms with Crippen molar-refractivity contribution in [2.24, 2.45) is 0 Å². The molecular weight excluding hydrogens is 249 g/mol. The van der Waals surface area contributed by atoms with Gasteiger partial charge in [-0.05, 0) is 12.1 Å². The number of halogens is 3. The molecule has 7 heteroatoms. The average molecular weight is 258 g/mol. The first kappa shape index (κ1) is 12.4. The van der Waals surface area contributed by atoms with E-state index in [0.29, 0.717) is 11.3 Å². The van der Waals surface area contributed by atoms with Gasteiger partial charge in [-0.2, -0.15) is 13.2 Å². The summed E-state index contributed by atoms with van der Waals surface area (Å²) in [7, 11) is 2.54. The largest absolute Gasteiger partial charge is 0.497 e. The number of methoxy groups -OCH3 is 2. The molecule has 0 atom stereocenters. The standard InChI is InChI=1S/C11H9F3N2O2/c1-17-6-3-4-7-8(5-6)15-9(11(12,13)14)10(16-7)18-2/h3-5H,1-2H3. The van der Waals surface area contributed by atoms with E-state index in [4.69, 9.17) is 4.74 Å². The maximum atomic E-state index is 12.7. The third-order valence-corrected chi connectivity index (χ3v) is 2.30. The van der Waals surface area contributed by atoms with E-state index in [1.165, 1.54) is 19.2 Å². The van der Waals surface area contributed by atoms with Gasteiger partial charge in [0.1, 0.15) is 5.75 Å². The Kier molecular flexibility index (Phi) is 2.98. The van der Waals surface area contributed by atoms with Gasteiger partial charge in [-0.1, -0.05) is 0 Å². The lowest BCUT2D eigenvalue weighted by atomic mass is 10.2. The van der Waals surface area contributed by atoms with Gasteiger partial charge in [0.2, 0.25) is 11.6 Å². The van der Waals surface area contributed by atoms with Crippen LogP contribution in [0.25, 0.3) is 11.0 Å². The smallest absolute Gasteiger partial charge is 0.438 e. The molecule has 0 aliphatic rings. The van der Waals surface area contributed by atoms with Gasteiger partial charge in [0.05, 0.1) is 25.3 Å². The van der Waals surface area contributed by atoms with Crippen molar-refractivity contribution in [1.29, 1.82) is 0 Å². The Labute approximate surface area is 100 Å². The lowest BCUT2D eigenvalue weighted by Gasteiger charge is -2.11. The Morgan fingerprint density at radius 2 is 1.72 bits per heavy atom. The van der Waals surface area contributed by atoms with Gasteiger partial charge in [-0.25, -0.2) is 9.97 Å². The lowest BCUT2D eigenvalue weighted by Crippen LogP contribution is -2.11. The quantitative estimate of drug-likeness (QED) is 0.830. The molecule has 18 heavy (non-hydrogen) atoms. The number of aromatic nitrogens is 2. The van der Waals surface area contributed by atoms with E-state index in [9.17, 15) is 13.2 Å². The summed E-state index contributed by atoms with van der Waals surface area (Å²) < 4.78 is 47.7. The Hall–Kier alpha value is -2.05. The van der Waals surface area contributed by atoms with Crippen LogP contribution in [0.15, 0.2) is 18.2 Å². The molecule has 0 N–H and O–H groups in total. The number of benzene rings is 1. The third kappa shape index (κ3) is 2.15. The minimum absolute atomic E-state index is 0.0995. The molecule has 96 valence electrons. The van der Waals surface area contributed by atoms with Gasteiger partial charge in [0.15, 0.2) is 0 Å². The van der Waals surface area contributed by atoms with Crippen molar-refractivity contribution in [1.82, 2.24) is 9.97 Å². The Morgan fingerprint density at radius 1 is 1.00 bits per heavy atom. The molecule has 0 saturated carbocycles. The molecule has 0 unspecified atom stereocenters. The molecule has 0 bridgehead atoms. The fourth-order valence-electron chi connectivity index (χ4n) is 1.47. The number of hydrogen-bond donors (Lipinski definition) is 0. The van der Waals surface area contributed by atoms with Crippen molar-refractivity contribution >= 4 is 11.0 Å². The van der Waals surface area contributed by atoms with E-state index in [1.807, 2.05) is 0 Å². The summed E-state index contributed by atoms with van der Waals surface area (Å²) in [5.74, 6) is -0.129. The normalized spacial score (nSPS) is 11.6. The molecule has 0 aliphatic heterocycles. The van der Waals surface area contributed by atoms with E-state index in [2.05, 4.69) is 14.7 Å². The van der Waals surface area contributed by atoms with E-state index in [1.54, 1.807) is 6.07 Å². The number of ether oxygens (including phenoxy) is 2. The molecule has 0 amide bonds. The molecule has 1 aromatic heterocycles. The SMILES string of the molecule is COc1ccc2nc(OC)c(C(F)(F)F)nc2c1. The van der Waals surface area contributed by atoms with Crippen LogP contribution < -0.4 is 9.47 Å². The zero-order chi connectivity index (χ0) is 13.3. The molecule has 2 aromatic rings. The zero-order valence-corrected chi connectivity index (χ0v) is 9.58. The zero-order valence-electron chi connectivity index (χ0n) is 9.58. The Bertz CT molecular complexity index is 584. The summed E-state index contributed by atoms with van der Waals surface area (Å²) in [6, 6.07) is 4.49. The summed E-state index contributed by atoms with van der Waals surface area (Å²) in [5.41, 5.74) is -0.742. The molecule has 4 nitrogen and oxygen atoms in total. The predicted octanol–water partition coefficient (Wildman–Crippen LogP) is 2.67. The van der Waals surface area contributed by atoms with Crippen LogP contribution in [0.5, 0.6) is 11.6 Å². The minimum atomic E-state index is -4.62. The molecule has 0 saturated heterocycles. The number of nitrogens with zero attached hydrogens (tertiary/aromatic N) is 2. The van der Waals surface area contributed by atoms with Crippen LogP contribution in [-0.4, -0.2) is 24.2 Å². The van der Waals surface area contributed by atoms with Crippen molar-refractivity contribution in [2.45, 2.75) is 6.18 Å². The third-order valence-electron chi connectivity index (χ3n) is 2.30. The predicted molar refractivity (Wildman–Crippen MR) is 57.6 cm³/mol. The van der Waals surface area contributed by atoms with Gasteiger partial charge in [0.25, 0.3) is 0 Å². The van der Waals surface area contributed by atoms with Crippen LogP contribution in [0.1, 0.15) is 5.69 Å². The van der Waals surface area contributed by atoms with Gasteiger partial charge in [-0.3, -0.25) is 0 Å². The second-order valence-electron chi connectivity index (χ2n) is 3.43. The monoisotopic (exact) mass is 258 g/mol. The van der Waals surface area contributed by atoms with E-state index >= 15 is 0 Å². The summed E-state index contributed by atoms with van der Waals surface area (Å²) >= 11 is 0. The van der Waals surface area contributed by atoms with E-state index in [0.717, 1.165) is 7.11 Å². The van der Waals surface area contributed by atoms with Crippen LogP contribution in [0.2, 0.25) is 0 Å². The van der Waals surface area contributed by atoms with Gasteiger partial charge >= 0.3 is 6.18 Å². The Balaban J connectivity index is 2.70. The summed E-state index contributed by atoms with van der Waals surface area (Å²) in [5, 5.41) is 0. The van der Waals surface area contributed by atoms with Crippen molar-refractivity contribution in [2.75, 3.05) is 14.2 Å². The van der Waals surface area contributed by atoms with Crippen LogP contribution in [0, 0.1) is 0 Å².